The zero-order chi connectivity index (χ0) is 13.8. The number of carboxylic acids is 1. The molecule has 1 atom stereocenters. The highest BCUT2D eigenvalue weighted by Crippen LogP contribution is 2.24. The highest BCUT2D eigenvalue weighted by atomic mass is 32.2. The van der Waals surface area contributed by atoms with Gasteiger partial charge >= 0.3 is 5.97 Å². The Morgan fingerprint density at radius 2 is 2.06 bits per heavy atom. The summed E-state index contributed by atoms with van der Waals surface area (Å²) in [6.07, 6.45) is 1.42. The van der Waals surface area contributed by atoms with Gasteiger partial charge in [0, 0.05) is 24.5 Å². The average molecular weight is 273 g/mol. The molecule has 1 aliphatic heterocycles. The molecule has 0 spiro atoms. The van der Waals surface area contributed by atoms with Crippen molar-refractivity contribution in [2.24, 2.45) is 5.41 Å². The highest BCUT2D eigenvalue weighted by molar-refractivity contribution is 7.99. The number of carboxylic acid groups (broad SMARTS) is 1. The first-order chi connectivity index (χ1) is 8.29. The molecule has 0 aromatic heterocycles. The molecule has 0 bridgehead atoms. The maximum Gasteiger partial charge on any atom is 0.305 e. The first-order valence-corrected chi connectivity index (χ1v) is 7.54. The summed E-state index contributed by atoms with van der Waals surface area (Å²) >= 11 is 1.73. The van der Waals surface area contributed by atoms with Gasteiger partial charge in [-0.15, -0.1) is 0 Å². The van der Waals surface area contributed by atoms with Gasteiger partial charge < -0.3 is 10.0 Å². The molecule has 1 unspecified atom stereocenters. The largest absolute Gasteiger partial charge is 0.481 e. The second kappa shape index (κ2) is 6.45. The molecule has 18 heavy (non-hydrogen) atoms. The molecule has 0 aromatic carbocycles. The van der Waals surface area contributed by atoms with Crippen molar-refractivity contribution >= 4 is 23.6 Å². The number of nitrogens with zero attached hydrogens (tertiary/aromatic N) is 1. The highest BCUT2D eigenvalue weighted by Gasteiger charge is 2.29. The Labute approximate surface area is 113 Å². The molecule has 0 aliphatic carbocycles. The van der Waals surface area contributed by atoms with Crippen LogP contribution in [-0.4, -0.2) is 46.0 Å². The Hall–Kier alpha value is -0.710. The van der Waals surface area contributed by atoms with Gasteiger partial charge in [0.25, 0.3) is 0 Å². The second-order valence-corrected chi connectivity index (χ2v) is 7.12. The Morgan fingerprint density at radius 3 is 2.61 bits per heavy atom. The van der Waals surface area contributed by atoms with E-state index in [4.69, 9.17) is 5.11 Å². The lowest BCUT2D eigenvalue weighted by molar-refractivity contribution is -0.140. The van der Waals surface area contributed by atoms with Crippen LogP contribution in [0.3, 0.4) is 0 Å². The van der Waals surface area contributed by atoms with E-state index in [0.29, 0.717) is 13.0 Å². The van der Waals surface area contributed by atoms with Crippen LogP contribution in [-0.2, 0) is 9.59 Å². The minimum Gasteiger partial charge on any atom is -0.481 e. The fraction of sp³-hybridized carbons (Fsp3) is 0.846. The number of amides is 1. The molecule has 0 radical (unpaired) electrons. The van der Waals surface area contributed by atoms with E-state index < -0.39 is 5.97 Å². The molecule has 0 aromatic rings. The Balaban J connectivity index is 2.54. The van der Waals surface area contributed by atoms with E-state index in [0.717, 1.165) is 17.9 Å². The van der Waals surface area contributed by atoms with Gasteiger partial charge in [-0.1, -0.05) is 20.8 Å². The zero-order valence-electron chi connectivity index (χ0n) is 11.4. The van der Waals surface area contributed by atoms with Gasteiger partial charge in [-0.3, -0.25) is 9.59 Å². The zero-order valence-corrected chi connectivity index (χ0v) is 12.3. The van der Waals surface area contributed by atoms with Crippen LogP contribution in [0.4, 0.5) is 0 Å². The SMILES string of the molecule is CC(C)(C)CCC(=O)N1CCSCC1CC(=O)O. The first-order valence-electron chi connectivity index (χ1n) is 6.38. The van der Waals surface area contributed by atoms with Crippen LogP contribution in [0.15, 0.2) is 0 Å². The Morgan fingerprint density at radius 1 is 1.39 bits per heavy atom. The van der Waals surface area contributed by atoms with Crippen molar-refractivity contribution < 1.29 is 14.7 Å². The molecule has 1 rings (SSSR count). The number of thioether (sulfide) groups is 1. The molecule has 1 N–H and O–H groups in total. The molecule has 1 saturated heterocycles. The number of hydrogen-bond donors (Lipinski definition) is 1. The lowest BCUT2D eigenvalue weighted by atomic mass is 9.90. The van der Waals surface area contributed by atoms with Crippen LogP contribution in [0.5, 0.6) is 0 Å². The van der Waals surface area contributed by atoms with E-state index in [2.05, 4.69) is 20.8 Å². The normalized spacial score (nSPS) is 20.8. The molecule has 104 valence electrons. The summed E-state index contributed by atoms with van der Waals surface area (Å²) in [6, 6.07) is -0.131. The third-order valence-corrected chi connectivity index (χ3v) is 4.14. The molecule has 4 nitrogen and oxygen atoms in total. The molecular formula is C13H23NO3S. The van der Waals surface area contributed by atoms with Crippen LogP contribution in [0.25, 0.3) is 0 Å². The van der Waals surface area contributed by atoms with E-state index in [-0.39, 0.29) is 23.8 Å². The molecule has 1 amide bonds. The minimum absolute atomic E-state index is 0.0637. The number of aliphatic carboxylic acids is 1. The van der Waals surface area contributed by atoms with E-state index >= 15 is 0 Å². The molecule has 0 saturated carbocycles. The van der Waals surface area contributed by atoms with Crippen molar-refractivity contribution in [1.82, 2.24) is 4.90 Å². The lowest BCUT2D eigenvalue weighted by Gasteiger charge is -2.35. The first kappa shape index (κ1) is 15.3. The van der Waals surface area contributed by atoms with Crippen LogP contribution in [0, 0.1) is 5.41 Å². The lowest BCUT2D eigenvalue weighted by Crippen LogP contribution is -2.47. The van der Waals surface area contributed by atoms with Gasteiger partial charge in [0.2, 0.25) is 5.91 Å². The quantitative estimate of drug-likeness (QED) is 0.853. The van der Waals surface area contributed by atoms with Crippen molar-refractivity contribution in [3.8, 4) is 0 Å². The van der Waals surface area contributed by atoms with Crippen LogP contribution in [0.2, 0.25) is 0 Å². The van der Waals surface area contributed by atoms with Gasteiger partial charge in [0.15, 0.2) is 0 Å². The van der Waals surface area contributed by atoms with Crippen molar-refractivity contribution in [3.05, 3.63) is 0 Å². The monoisotopic (exact) mass is 273 g/mol. The molecule has 5 heteroatoms. The third kappa shape index (κ3) is 5.29. The topological polar surface area (TPSA) is 57.6 Å². The van der Waals surface area contributed by atoms with Gasteiger partial charge in [-0.05, 0) is 11.8 Å². The maximum atomic E-state index is 12.2. The van der Waals surface area contributed by atoms with Crippen LogP contribution >= 0.6 is 11.8 Å². The summed E-state index contributed by atoms with van der Waals surface area (Å²) < 4.78 is 0. The van der Waals surface area contributed by atoms with Crippen LogP contribution in [0.1, 0.15) is 40.0 Å². The summed E-state index contributed by atoms with van der Waals surface area (Å²) in [6.45, 7) is 7.02. The number of hydrogen-bond acceptors (Lipinski definition) is 3. The number of rotatable bonds is 4. The van der Waals surface area contributed by atoms with Crippen molar-refractivity contribution in [2.75, 3.05) is 18.1 Å². The van der Waals surface area contributed by atoms with Crippen LogP contribution < -0.4 is 0 Å². The summed E-state index contributed by atoms with van der Waals surface area (Å²) in [4.78, 5) is 24.7. The summed E-state index contributed by atoms with van der Waals surface area (Å²) in [5.41, 5.74) is 0.141. The van der Waals surface area contributed by atoms with Crippen molar-refractivity contribution in [1.29, 1.82) is 0 Å². The Bertz CT molecular complexity index is 312. The van der Waals surface area contributed by atoms with Crippen molar-refractivity contribution in [3.63, 3.8) is 0 Å². The van der Waals surface area contributed by atoms with Gasteiger partial charge in [-0.25, -0.2) is 0 Å². The molecule has 1 aliphatic rings. The molecule has 1 heterocycles. The van der Waals surface area contributed by atoms with Crippen molar-refractivity contribution in [2.45, 2.75) is 46.1 Å². The second-order valence-electron chi connectivity index (χ2n) is 5.97. The summed E-state index contributed by atoms with van der Waals surface area (Å²) in [5, 5.41) is 8.88. The number of carbonyl (C=O) groups is 2. The average Bonchev–Trinajstić information content (AvgIpc) is 2.25. The molecular weight excluding hydrogens is 250 g/mol. The summed E-state index contributed by atoms with van der Waals surface area (Å²) in [5.74, 6) is 0.942. The predicted molar refractivity (Wildman–Crippen MR) is 73.8 cm³/mol. The van der Waals surface area contributed by atoms with Gasteiger partial charge in [0.1, 0.15) is 0 Å². The van der Waals surface area contributed by atoms with E-state index in [9.17, 15) is 9.59 Å². The predicted octanol–water partition coefficient (Wildman–Crippen LogP) is 2.23. The standard InChI is InChI=1S/C13H23NO3S/c1-13(2,3)5-4-11(15)14-6-7-18-9-10(14)8-12(16)17/h10H,4-9H2,1-3H3,(H,16,17). The molecule has 1 fully saturated rings. The summed E-state index contributed by atoms with van der Waals surface area (Å²) in [7, 11) is 0. The minimum atomic E-state index is -0.823. The fourth-order valence-corrected chi connectivity index (χ4v) is 3.04. The van der Waals surface area contributed by atoms with Gasteiger partial charge in [-0.2, -0.15) is 11.8 Å². The maximum absolute atomic E-state index is 12.2. The van der Waals surface area contributed by atoms with E-state index in [1.807, 2.05) is 0 Å². The van der Waals surface area contributed by atoms with E-state index in [1.54, 1.807) is 16.7 Å². The van der Waals surface area contributed by atoms with Gasteiger partial charge in [0.05, 0.1) is 12.5 Å². The van der Waals surface area contributed by atoms with E-state index in [1.165, 1.54) is 0 Å². The Kier molecular flexibility index (Phi) is 5.50. The smallest absolute Gasteiger partial charge is 0.305 e. The fourth-order valence-electron chi connectivity index (χ4n) is 1.98. The third-order valence-electron chi connectivity index (χ3n) is 3.05. The number of carbonyl (C=O) groups excluding carboxylic acids is 1.